The molecule has 1 aromatic heterocycles. The third kappa shape index (κ3) is 3.49. The molecule has 0 aliphatic rings. The van der Waals surface area contributed by atoms with E-state index >= 15 is 0 Å². The fourth-order valence-corrected chi connectivity index (χ4v) is 1.73. The number of pyridine rings is 1. The summed E-state index contributed by atoms with van der Waals surface area (Å²) in [5, 5.41) is 7.84. The van der Waals surface area contributed by atoms with Gasteiger partial charge in [0, 0.05) is 10.7 Å². The summed E-state index contributed by atoms with van der Waals surface area (Å²) in [6.45, 7) is 0. The summed E-state index contributed by atoms with van der Waals surface area (Å²) < 4.78 is 0.994. The zero-order chi connectivity index (χ0) is 12.8. The summed E-state index contributed by atoms with van der Waals surface area (Å²) in [4.78, 5) is 4.08. The van der Waals surface area contributed by atoms with Crippen LogP contribution in [0.2, 0.25) is 0 Å². The fourth-order valence-electron chi connectivity index (χ4n) is 1.31. The minimum Gasteiger partial charge on any atom is -0.380 e. The third-order valence-electron chi connectivity index (χ3n) is 2.15. The lowest BCUT2D eigenvalue weighted by Crippen LogP contribution is -2.14. The highest BCUT2D eigenvalue weighted by molar-refractivity contribution is 9.10. The van der Waals surface area contributed by atoms with E-state index in [0.717, 1.165) is 10.0 Å². The minimum absolute atomic E-state index is 0.293. The predicted octanol–water partition coefficient (Wildman–Crippen LogP) is 2.58. The SMILES string of the molecule is N/C(=N/N=C\c1cccc(Br)c1)c1ccccn1. The summed E-state index contributed by atoms with van der Waals surface area (Å²) >= 11 is 3.39. The van der Waals surface area contributed by atoms with Gasteiger partial charge < -0.3 is 5.73 Å². The first-order chi connectivity index (χ1) is 8.75. The van der Waals surface area contributed by atoms with Gasteiger partial charge in [-0.2, -0.15) is 5.10 Å². The van der Waals surface area contributed by atoms with Gasteiger partial charge in [-0.25, -0.2) is 0 Å². The van der Waals surface area contributed by atoms with Crippen LogP contribution in [-0.2, 0) is 0 Å². The van der Waals surface area contributed by atoms with Crippen molar-refractivity contribution in [1.29, 1.82) is 0 Å². The smallest absolute Gasteiger partial charge is 0.171 e. The van der Waals surface area contributed by atoms with Crippen molar-refractivity contribution >= 4 is 28.0 Å². The molecule has 0 spiro atoms. The first kappa shape index (κ1) is 12.4. The average molecular weight is 303 g/mol. The first-order valence-corrected chi connectivity index (χ1v) is 6.08. The molecular formula is C13H11BrN4. The van der Waals surface area contributed by atoms with E-state index in [1.165, 1.54) is 0 Å². The lowest BCUT2D eigenvalue weighted by Gasteiger charge is -1.96. The molecule has 1 aromatic carbocycles. The van der Waals surface area contributed by atoms with Crippen molar-refractivity contribution in [3.05, 3.63) is 64.4 Å². The number of aromatic nitrogens is 1. The Morgan fingerprint density at radius 1 is 1.22 bits per heavy atom. The summed E-state index contributed by atoms with van der Waals surface area (Å²) in [5.74, 6) is 0.293. The van der Waals surface area contributed by atoms with Crippen LogP contribution in [0.1, 0.15) is 11.3 Å². The number of nitrogens with zero attached hydrogens (tertiary/aromatic N) is 3. The lowest BCUT2D eigenvalue weighted by atomic mass is 10.2. The van der Waals surface area contributed by atoms with Crippen molar-refractivity contribution < 1.29 is 0 Å². The van der Waals surface area contributed by atoms with Crippen molar-refractivity contribution in [2.45, 2.75) is 0 Å². The van der Waals surface area contributed by atoms with Crippen LogP contribution < -0.4 is 5.73 Å². The third-order valence-corrected chi connectivity index (χ3v) is 2.64. The average Bonchev–Trinajstić information content (AvgIpc) is 2.40. The highest BCUT2D eigenvalue weighted by Gasteiger charge is 1.96. The summed E-state index contributed by atoms with van der Waals surface area (Å²) in [6.07, 6.45) is 3.30. The maximum atomic E-state index is 5.75. The molecule has 2 aromatic rings. The van der Waals surface area contributed by atoms with Gasteiger partial charge in [0.15, 0.2) is 5.84 Å². The molecule has 90 valence electrons. The van der Waals surface area contributed by atoms with Gasteiger partial charge in [0.1, 0.15) is 5.69 Å². The van der Waals surface area contributed by atoms with E-state index < -0.39 is 0 Å². The quantitative estimate of drug-likeness (QED) is 0.538. The number of halogens is 1. The van der Waals surface area contributed by atoms with Crippen molar-refractivity contribution in [2.24, 2.45) is 15.9 Å². The minimum atomic E-state index is 0.293. The maximum Gasteiger partial charge on any atom is 0.171 e. The van der Waals surface area contributed by atoms with Gasteiger partial charge in [0.05, 0.1) is 6.21 Å². The largest absolute Gasteiger partial charge is 0.380 e. The van der Waals surface area contributed by atoms with Gasteiger partial charge in [-0.15, -0.1) is 5.10 Å². The van der Waals surface area contributed by atoms with Crippen LogP contribution in [0.3, 0.4) is 0 Å². The van der Waals surface area contributed by atoms with Crippen LogP contribution in [0.4, 0.5) is 0 Å². The van der Waals surface area contributed by atoms with Gasteiger partial charge in [-0.1, -0.05) is 34.1 Å². The number of rotatable bonds is 3. The molecule has 2 rings (SSSR count). The van der Waals surface area contributed by atoms with Crippen molar-refractivity contribution in [3.8, 4) is 0 Å². The van der Waals surface area contributed by atoms with E-state index in [4.69, 9.17) is 5.73 Å². The Morgan fingerprint density at radius 3 is 2.83 bits per heavy atom. The van der Waals surface area contributed by atoms with Crippen LogP contribution in [0.5, 0.6) is 0 Å². The summed E-state index contributed by atoms with van der Waals surface area (Å²) in [6, 6.07) is 13.2. The molecular weight excluding hydrogens is 292 g/mol. The molecule has 0 amide bonds. The molecule has 0 aliphatic carbocycles. The van der Waals surface area contributed by atoms with Crippen LogP contribution in [-0.4, -0.2) is 17.0 Å². The Bertz CT molecular complexity index is 579. The summed E-state index contributed by atoms with van der Waals surface area (Å²) in [5.41, 5.74) is 7.31. The Balaban J connectivity index is 2.11. The predicted molar refractivity (Wildman–Crippen MR) is 76.7 cm³/mol. The first-order valence-electron chi connectivity index (χ1n) is 5.29. The van der Waals surface area contributed by atoms with Crippen LogP contribution in [0.25, 0.3) is 0 Å². The van der Waals surface area contributed by atoms with Crippen molar-refractivity contribution in [3.63, 3.8) is 0 Å². The van der Waals surface area contributed by atoms with Crippen molar-refractivity contribution in [1.82, 2.24) is 4.98 Å². The maximum absolute atomic E-state index is 5.75. The van der Waals surface area contributed by atoms with Gasteiger partial charge in [0.2, 0.25) is 0 Å². The molecule has 0 saturated carbocycles. The molecule has 0 saturated heterocycles. The normalized spacial score (nSPS) is 11.9. The zero-order valence-electron chi connectivity index (χ0n) is 9.49. The molecule has 0 aliphatic heterocycles. The van der Waals surface area contributed by atoms with E-state index in [-0.39, 0.29) is 0 Å². The fraction of sp³-hybridized carbons (Fsp3) is 0. The van der Waals surface area contributed by atoms with Gasteiger partial charge in [0.25, 0.3) is 0 Å². The molecule has 5 heteroatoms. The molecule has 0 unspecified atom stereocenters. The Morgan fingerprint density at radius 2 is 2.11 bits per heavy atom. The Hall–Kier alpha value is -2.01. The van der Waals surface area contributed by atoms with Gasteiger partial charge >= 0.3 is 0 Å². The molecule has 0 radical (unpaired) electrons. The number of nitrogens with two attached hydrogens (primary N) is 1. The topological polar surface area (TPSA) is 63.6 Å². The lowest BCUT2D eigenvalue weighted by molar-refractivity contribution is 1.20. The van der Waals surface area contributed by atoms with E-state index in [1.807, 2.05) is 36.4 Å². The van der Waals surface area contributed by atoms with E-state index in [0.29, 0.717) is 11.5 Å². The van der Waals surface area contributed by atoms with Crippen molar-refractivity contribution in [2.75, 3.05) is 0 Å². The molecule has 18 heavy (non-hydrogen) atoms. The zero-order valence-corrected chi connectivity index (χ0v) is 11.1. The van der Waals surface area contributed by atoms with Crippen LogP contribution >= 0.6 is 15.9 Å². The second-order valence-corrected chi connectivity index (χ2v) is 4.42. The number of amidine groups is 1. The van der Waals surface area contributed by atoms with Crippen LogP contribution in [0.15, 0.2) is 63.3 Å². The second kappa shape index (κ2) is 6.07. The van der Waals surface area contributed by atoms with E-state index in [1.54, 1.807) is 18.5 Å². The molecule has 1 heterocycles. The molecule has 0 fully saturated rings. The molecule has 0 atom stereocenters. The highest BCUT2D eigenvalue weighted by atomic mass is 79.9. The number of hydrogen-bond acceptors (Lipinski definition) is 3. The molecule has 4 nitrogen and oxygen atoms in total. The standard InChI is InChI=1S/C13H11BrN4/c14-11-5-3-4-10(8-11)9-17-18-13(15)12-6-1-2-7-16-12/h1-9H,(H2,15,18)/b17-9-. The van der Waals surface area contributed by atoms with Gasteiger partial charge in [-0.05, 0) is 29.8 Å². The van der Waals surface area contributed by atoms with E-state index in [9.17, 15) is 0 Å². The number of benzene rings is 1. The molecule has 2 N–H and O–H groups in total. The molecule has 0 bridgehead atoms. The van der Waals surface area contributed by atoms with Crippen LogP contribution in [0, 0.1) is 0 Å². The summed E-state index contributed by atoms with van der Waals surface area (Å²) in [7, 11) is 0. The Labute approximate surface area is 113 Å². The highest BCUT2D eigenvalue weighted by Crippen LogP contribution is 2.09. The number of hydrogen-bond donors (Lipinski definition) is 1. The second-order valence-electron chi connectivity index (χ2n) is 3.50. The monoisotopic (exact) mass is 302 g/mol. The van der Waals surface area contributed by atoms with Gasteiger partial charge in [-0.3, -0.25) is 4.98 Å². The van der Waals surface area contributed by atoms with E-state index in [2.05, 4.69) is 31.1 Å². The Kier molecular flexibility index (Phi) is 4.20.